The van der Waals surface area contributed by atoms with Crippen LogP contribution in [0.3, 0.4) is 0 Å². The molecule has 3 N–H and O–H groups in total. The van der Waals surface area contributed by atoms with Gasteiger partial charge in [0.05, 0.1) is 10.6 Å². The van der Waals surface area contributed by atoms with Gasteiger partial charge in [0, 0.05) is 28.2 Å². The Morgan fingerprint density at radius 2 is 1.96 bits per heavy atom. The minimum atomic E-state index is -3.85. The molecule has 1 heterocycles. The van der Waals surface area contributed by atoms with Gasteiger partial charge >= 0.3 is 0 Å². The van der Waals surface area contributed by atoms with Gasteiger partial charge in [0.1, 0.15) is 0 Å². The Balaban J connectivity index is 1.68. The van der Waals surface area contributed by atoms with E-state index in [9.17, 15) is 13.2 Å². The Morgan fingerprint density at radius 3 is 2.64 bits per heavy atom. The zero-order valence-electron chi connectivity index (χ0n) is 14.8. The Labute approximate surface area is 175 Å². The fraction of sp³-hybridized carbons (Fsp3) is 0.111. The summed E-state index contributed by atoms with van der Waals surface area (Å²) in [4.78, 5) is 16.6. The van der Waals surface area contributed by atoms with E-state index in [1.54, 1.807) is 25.3 Å². The minimum Gasteiger partial charge on any atom is -0.325 e. The Morgan fingerprint density at radius 1 is 1.25 bits per heavy atom. The molecule has 7 nitrogen and oxygen atoms in total. The maximum absolute atomic E-state index is 12.3. The first kappa shape index (κ1) is 20.6. The van der Waals surface area contributed by atoms with Crippen molar-refractivity contribution in [3.8, 4) is 5.69 Å². The molecular weight excluding hydrogens is 464 g/mol. The average Bonchev–Trinajstić information content (AvgIpc) is 3.10. The summed E-state index contributed by atoms with van der Waals surface area (Å²) in [7, 11) is -3.85. The molecule has 28 heavy (non-hydrogen) atoms. The Bertz CT molecular complexity index is 1110. The number of amides is 1. The van der Waals surface area contributed by atoms with Gasteiger partial charge in [0.15, 0.2) is 5.16 Å². The van der Waals surface area contributed by atoms with Gasteiger partial charge in [0.2, 0.25) is 15.9 Å². The third-order valence-corrected chi connectivity index (χ3v) is 6.37. The molecule has 0 bridgehead atoms. The largest absolute Gasteiger partial charge is 0.325 e. The number of nitrogens with two attached hydrogens (primary N) is 1. The number of aryl methyl sites for hydroxylation is 1. The van der Waals surface area contributed by atoms with Crippen molar-refractivity contribution in [2.45, 2.75) is 17.0 Å². The summed E-state index contributed by atoms with van der Waals surface area (Å²) in [5.41, 5.74) is 1.82. The predicted octanol–water partition coefficient (Wildman–Crippen LogP) is 3.32. The molecule has 0 aliphatic rings. The lowest BCUT2D eigenvalue weighted by molar-refractivity contribution is -0.113. The highest BCUT2D eigenvalue weighted by Gasteiger charge is 2.14. The highest BCUT2D eigenvalue weighted by atomic mass is 79.9. The van der Waals surface area contributed by atoms with Crippen LogP contribution < -0.4 is 10.5 Å². The van der Waals surface area contributed by atoms with Crippen LogP contribution in [0.4, 0.5) is 5.69 Å². The second-order valence-corrected chi connectivity index (χ2v) is 9.31. The number of nitrogens with zero attached hydrogens (tertiary/aromatic N) is 2. The van der Waals surface area contributed by atoms with Gasteiger partial charge in [-0.2, -0.15) is 0 Å². The summed E-state index contributed by atoms with van der Waals surface area (Å²) in [6.07, 6.45) is 3.49. The molecule has 0 aliphatic carbocycles. The van der Waals surface area contributed by atoms with Gasteiger partial charge in [-0.3, -0.25) is 9.36 Å². The third-order valence-electron chi connectivity index (χ3n) is 3.82. The fourth-order valence-electron chi connectivity index (χ4n) is 2.51. The predicted molar refractivity (Wildman–Crippen MR) is 113 cm³/mol. The van der Waals surface area contributed by atoms with Crippen molar-refractivity contribution < 1.29 is 13.2 Å². The highest BCUT2D eigenvalue weighted by Crippen LogP contribution is 2.23. The number of imidazole rings is 1. The van der Waals surface area contributed by atoms with E-state index in [0.29, 0.717) is 16.4 Å². The van der Waals surface area contributed by atoms with E-state index < -0.39 is 10.0 Å². The Hall–Kier alpha value is -2.14. The molecule has 10 heteroatoms. The number of carbonyl (C=O) groups is 1. The molecule has 3 rings (SSSR count). The summed E-state index contributed by atoms with van der Waals surface area (Å²) in [5, 5.41) is 8.56. The first-order valence-electron chi connectivity index (χ1n) is 8.09. The fourth-order valence-corrected chi connectivity index (χ4v) is 4.35. The lowest BCUT2D eigenvalue weighted by Gasteiger charge is -2.10. The van der Waals surface area contributed by atoms with Crippen LogP contribution in [0.5, 0.6) is 0 Å². The first-order chi connectivity index (χ1) is 13.2. The second kappa shape index (κ2) is 8.48. The average molecular weight is 481 g/mol. The monoisotopic (exact) mass is 480 g/mol. The van der Waals surface area contributed by atoms with Crippen molar-refractivity contribution in [1.82, 2.24) is 9.55 Å². The number of primary sulfonamides is 1. The first-order valence-corrected chi connectivity index (χ1v) is 11.4. The maximum Gasteiger partial charge on any atom is 0.238 e. The zero-order chi connectivity index (χ0) is 20.3. The number of rotatable bonds is 6. The number of hydrogen-bond acceptors (Lipinski definition) is 5. The summed E-state index contributed by atoms with van der Waals surface area (Å²) in [6.45, 7) is 1.64. The lowest BCUT2D eigenvalue weighted by atomic mass is 10.2. The van der Waals surface area contributed by atoms with Crippen LogP contribution in [0.2, 0.25) is 0 Å². The highest BCUT2D eigenvalue weighted by molar-refractivity contribution is 9.10. The van der Waals surface area contributed by atoms with Crippen LogP contribution >= 0.6 is 27.7 Å². The van der Waals surface area contributed by atoms with Crippen molar-refractivity contribution in [1.29, 1.82) is 0 Å². The summed E-state index contributed by atoms with van der Waals surface area (Å²) in [6, 6.07) is 12.3. The second-order valence-electron chi connectivity index (χ2n) is 5.92. The van der Waals surface area contributed by atoms with E-state index in [1.165, 1.54) is 17.8 Å². The van der Waals surface area contributed by atoms with Crippen LogP contribution in [0.15, 0.2) is 69.4 Å². The van der Waals surface area contributed by atoms with E-state index in [1.807, 2.05) is 35.0 Å². The normalized spacial score (nSPS) is 11.4. The molecule has 0 aliphatic heterocycles. The number of anilines is 1. The molecule has 0 radical (unpaired) electrons. The van der Waals surface area contributed by atoms with Gasteiger partial charge in [-0.25, -0.2) is 18.5 Å². The van der Waals surface area contributed by atoms with Crippen molar-refractivity contribution in [2.24, 2.45) is 5.14 Å². The molecule has 1 aromatic heterocycles. The molecule has 2 aromatic carbocycles. The molecule has 0 saturated heterocycles. The van der Waals surface area contributed by atoms with Gasteiger partial charge in [0.25, 0.3) is 0 Å². The Kier molecular flexibility index (Phi) is 6.23. The van der Waals surface area contributed by atoms with E-state index in [2.05, 4.69) is 26.2 Å². The van der Waals surface area contributed by atoms with Gasteiger partial charge < -0.3 is 5.32 Å². The molecule has 3 aromatic rings. The zero-order valence-corrected chi connectivity index (χ0v) is 18.0. The summed E-state index contributed by atoms with van der Waals surface area (Å²) >= 11 is 4.68. The summed E-state index contributed by atoms with van der Waals surface area (Å²) < 4.78 is 26.1. The maximum atomic E-state index is 12.3. The topological polar surface area (TPSA) is 107 Å². The molecule has 0 atom stereocenters. The van der Waals surface area contributed by atoms with Crippen LogP contribution in [-0.2, 0) is 14.8 Å². The van der Waals surface area contributed by atoms with Crippen LogP contribution in [0.25, 0.3) is 5.69 Å². The number of benzene rings is 2. The molecular formula is C18H17BrN4O3S2. The minimum absolute atomic E-state index is 0.0104. The van der Waals surface area contributed by atoms with Crippen LogP contribution in [-0.4, -0.2) is 29.6 Å². The van der Waals surface area contributed by atoms with Crippen LogP contribution in [0, 0.1) is 6.92 Å². The number of aromatic nitrogens is 2. The molecule has 0 fully saturated rings. The quantitative estimate of drug-likeness (QED) is 0.526. The van der Waals surface area contributed by atoms with E-state index >= 15 is 0 Å². The molecule has 146 valence electrons. The van der Waals surface area contributed by atoms with Crippen molar-refractivity contribution in [3.63, 3.8) is 0 Å². The SMILES string of the molecule is Cc1ccc(NC(=O)CSc2nccn2-c2ccc(Br)cc2)cc1S(N)(=O)=O. The molecule has 0 spiro atoms. The molecule has 1 amide bonds. The smallest absolute Gasteiger partial charge is 0.238 e. The molecule has 0 unspecified atom stereocenters. The van der Waals surface area contributed by atoms with Gasteiger partial charge in [-0.15, -0.1) is 0 Å². The number of carbonyl (C=O) groups excluding carboxylic acids is 1. The number of sulfonamides is 1. The lowest BCUT2D eigenvalue weighted by Crippen LogP contribution is -2.17. The van der Waals surface area contributed by atoms with E-state index in [-0.39, 0.29) is 16.6 Å². The summed E-state index contributed by atoms with van der Waals surface area (Å²) in [5.74, 6) is -0.161. The number of halogens is 1. The van der Waals surface area contributed by atoms with E-state index in [0.717, 1.165) is 10.2 Å². The number of nitrogens with one attached hydrogen (secondary N) is 1. The van der Waals surface area contributed by atoms with Crippen molar-refractivity contribution in [3.05, 3.63) is 64.9 Å². The molecule has 0 saturated carbocycles. The van der Waals surface area contributed by atoms with Crippen molar-refractivity contribution in [2.75, 3.05) is 11.1 Å². The van der Waals surface area contributed by atoms with Gasteiger partial charge in [-0.1, -0.05) is 33.8 Å². The van der Waals surface area contributed by atoms with Crippen molar-refractivity contribution >= 4 is 49.3 Å². The number of thioether (sulfide) groups is 1. The van der Waals surface area contributed by atoms with Gasteiger partial charge in [-0.05, 0) is 48.9 Å². The number of hydrogen-bond donors (Lipinski definition) is 2. The van der Waals surface area contributed by atoms with Crippen LogP contribution in [0.1, 0.15) is 5.56 Å². The standard InChI is InChI=1S/C18H17BrN4O3S2/c1-12-2-5-14(10-16(12)28(20,25)26)22-17(24)11-27-18-21-8-9-23(18)15-6-3-13(19)4-7-15/h2-10H,11H2,1H3,(H,22,24)(H2,20,25,26). The third kappa shape index (κ3) is 5.02. The van der Waals surface area contributed by atoms with E-state index in [4.69, 9.17) is 5.14 Å².